The van der Waals surface area contributed by atoms with Gasteiger partial charge in [-0.1, -0.05) is 12.1 Å². The minimum absolute atomic E-state index is 0.680. The molecule has 2 aromatic rings. The van der Waals surface area contributed by atoms with Gasteiger partial charge in [0.15, 0.2) is 0 Å². The van der Waals surface area contributed by atoms with E-state index in [1.165, 1.54) is 5.69 Å². The number of para-hydroxylation sites is 1. The first-order valence-electron chi connectivity index (χ1n) is 5.11. The Morgan fingerprint density at radius 3 is 3.13 bits per heavy atom. The third-order valence-electron chi connectivity index (χ3n) is 2.70. The summed E-state index contributed by atoms with van der Waals surface area (Å²) in [7, 11) is 0. The van der Waals surface area contributed by atoms with Gasteiger partial charge < -0.3 is 4.74 Å². The van der Waals surface area contributed by atoms with E-state index in [9.17, 15) is 0 Å². The van der Waals surface area contributed by atoms with Crippen molar-refractivity contribution in [3.05, 3.63) is 36.0 Å². The van der Waals surface area contributed by atoms with Gasteiger partial charge in [0, 0.05) is 11.3 Å². The van der Waals surface area contributed by atoms with Crippen LogP contribution in [0.25, 0.3) is 11.3 Å². The van der Waals surface area contributed by atoms with Crippen molar-refractivity contribution in [3.8, 4) is 17.0 Å². The number of nitrogens with zero attached hydrogens (tertiary/aromatic N) is 2. The number of benzene rings is 1. The van der Waals surface area contributed by atoms with E-state index in [-0.39, 0.29) is 0 Å². The lowest BCUT2D eigenvalue weighted by molar-refractivity contribution is 0.288. The summed E-state index contributed by atoms with van der Waals surface area (Å²) >= 11 is 0. The van der Waals surface area contributed by atoms with Gasteiger partial charge in [-0.05, 0) is 25.1 Å². The Labute approximate surface area is 88.3 Å². The molecule has 3 heteroatoms. The molecular formula is C12H12N2O. The van der Waals surface area contributed by atoms with Crippen LogP contribution in [0.15, 0.2) is 30.3 Å². The van der Waals surface area contributed by atoms with Crippen molar-refractivity contribution in [2.45, 2.75) is 13.5 Å². The molecule has 0 unspecified atom stereocenters. The van der Waals surface area contributed by atoms with Gasteiger partial charge in [0.2, 0.25) is 0 Å². The number of aromatic nitrogens is 2. The fourth-order valence-electron chi connectivity index (χ4n) is 1.91. The highest BCUT2D eigenvalue weighted by atomic mass is 16.5. The van der Waals surface area contributed by atoms with Crippen LogP contribution in [0, 0.1) is 6.92 Å². The molecule has 0 amide bonds. The van der Waals surface area contributed by atoms with Crippen LogP contribution in [0.1, 0.15) is 5.69 Å². The van der Waals surface area contributed by atoms with Crippen LogP contribution < -0.4 is 4.74 Å². The van der Waals surface area contributed by atoms with Crippen molar-refractivity contribution < 1.29 is 4.74 Å². The number of rotatable bonds is 0. The van der Waals surface area contributed by atoms with E-state index >= 15 is 0 Å². The van der Waals surface area contributed by atoms with Crippen LogP contribution >= 0.6 is 0 Å². The van der Waals surface area contributed by atoms with Gasteiger partial charge in [-0.3, -0.25) is 4.68 Å². The number of aryl methyl sites for hydroxylation is 1. The fourth-order valence-corrected chi connectivity index (χ4v) is 1.91. The zero-order valence-corrected chi connectivity index (χ0v) is 8.60. The van der Waals surface area contributed by atoms with E-state index in [0.717, 1.165) is 23.6 Å². The second kappa shape index (κ2) is 3.12. The van der Waals surface area contributed by atoms with Crippen molar-refractivity contribution in [2.75, 3.05) is 6.61 Å². The molecule has 1 aliphatic heterocycles. The summed E-state index contributed by atoms with van der Waals surface area (Å²) in [5, 5.41) is 4.55. The van der Waals surface area contributed by atoms with Gasteiger partial charge in [-0.2, -0.15) is 5.10 Å². The largest absolute Gasteiger partial charge is 0.491 e. The first-order chi connectivity index (χ1) is 7.34. The third kappa shape index (κ3) is 1.31. The minimum Gasteiger partial charge on any atom is -0.491 e. The number of hydrogen-bond donors (Lipinski definition) is 0. The highest BCUT2D eigenvalue weighted by Crippen LogP contribution is 2.30. The smallest absolute Gasteiger partial charge is 0.128 e. The Balaban J connectivity index is 2.24. The van der Waals surface area contributed by atoms with Crippen molar-refractivity contribution in [3.63, 3.8) is 0 Å². The van der Waals surface area contributed by atoms with Gasteiger partial charge in [0.1, 0.15) is 12.4 Å². The predicted octanol–water partition coefficient (Wildman–Crippen LogP) is 2.25. The molecule has 76 valence electrons. The van der Waals surface area contributed by atoms with E-state index < -0.39 is 0 Å². The highest BCUT2D eigenvalue weighted by Gasteiger charge is 2.13. The van der Waals surface area contributed by atoms with Crippen LogP contribution in [0.5, 0.6) is 5.75 Å². The fraction of sp³-hybridized carbons (Fsp3) is 0.250. The highest BCUT2D eigenvalue weighted by molar-refractivity contribution is 5.67. The second-order valence-electron chi connectivity index (χ2n) is 3.74. The SMILES string of the molecule is Cc1cc2nn1CCOc1ccccc1-2. The molecule has 1 aliphatic rings. The zero-order chi connectivity index (χ0) is 10.3. The summed E-state index contributed by atoms with van der Waals surface area (Å²) in [6.07, 6.45) is 0. The molecule has 15 heavy (non-hydrogen) atoms. The number of fused-ring (bicyclic) bond motifs is 4. The monoisotopic (exact) mass is 200 g/mol. The van der Waals surface area contributed by atoms with Crippen LogP contribution in [0.3, 0.4) is 0 Å². The van der Waals surface area contributed by atoms with E-state index in [0.29, 0.717) is 6.61 Å². The lowest BCUT2D eigenvalue weighted by Gasteiger charge is -2.12. The topological polar surface area (TPSA) is 27.1 Å². The molecule has 2 bridgehead atoms. The molecule has 3 nitrogen and oxygen atoms in total. The first kappa shape index (κ1) is 8.53. The van der Waals surface area contributed by atoms with E-state index in [1.807, 2.05) is 28.9 Å². The normalized spacial score (nSPS) is 13.7. The molecule has 0 radical (unpaired) electrons. The standard InChI is InChI=1S/C12H12N2O/c1-9-8-11-10-4-2-3-5-12(10)15-7-6-14(9)13-11/h2-5,8H,6-7H2,1H3. The molecule has 0 spiro atoms. The molecule has 0 fully saturated rings. The molecule has 0 saturated heterocycles. The van der Waals surface area contributed by atoms with Crippen LogP contribution in [0.2, 0.25) is 0 Å². The summed E-state index contributed by atoms with van der Waals surface area (Å²) in [5.74, 6) is 0.932. The summed E-state index contributed by atoms with van der Waals surface area (Å²) in [4.78, 5) is 0. The molecule has 0 atom stereocenters. The van der Waals surface area contributed by atoms with Gasteiger partial charge in [0.25, 0.3) is 0 Å². The summed E-state index contributed by atoms with van der Waals surface area (Å²) in [5.41, 5.74) is 3.27. The molecule has 2 heterocycles. The van der Waals surface area contributed by atoms with Crippen molar-refractivity contribution in [1.29, 1.82) is 0 Å². The second-order valence-corrected chi connectivity index (χ2v) is 3.74. The number of hydrogen-bond acceptors (Lipinski definition) is 2. The van der Waals surface area contributed by atoms with Crippen LogP contribution in [-0.4, -0.2) is 16.4 Å². The quantitative estimate of drug-likeness (QED) is 0.652. The van der Waals surface area contributed by atoms with Crippen LogP contribution in [0.4, 0.5) is 0 Å². The zero-order valence-electron chi connectivity index (χ0n) is 8.60. The Hall–Kier alpha value is -1.77. The summed E-state index contributed by atoms with van der Waals surface area (Å²) in [6, 6.07) is 10.2. The van der Waals surface area contributed by atoms with Gasteiger partial charge >= 0.3 is 0 Å². The maximum Gasteiger partial charge on any atom is 0.128 e. The average Bonchev–Trinajstić information content (AvgIpc) is 2.60. The molecular weight excluding hydrogens is 188 g/mol. The Kier molecular flexibility index (Phi) is 1.78. The Bertz CT molecular complexity index is 502. The van der Waals surface area contributed by atoms with Crippen LogP contribution in [-0.2, 0) is 6.54 Å². The predicted molar refractivity (Wildman–Crippen MR) is 57.9 cm³/mol. The lowest BCUT2D eigenvalue weighted by Crippen LogP contribution is -2.12. The summed E-state index contributed by atoms with van der Waals surface area (Å²) in [6.45, 7) is 3.57. The van der Waals surface area contributed by atoms with E-state index in [1.54, 1.807) is 0 Å². The van der Waals surface area contributed by atoms with Crippen molar-refractivity contribution in [1.82, 2.24) is 9.78 Å². The van der Waals surface area contributed by atoms with Crippen molar-refractivity contribution >= 4 is 0 Å². The molecule has 0 N–H and O–H groups in total. The Morgan fingerprint density at radius 2 is 2.20 bits per heavy atom. The molecule has 1 aromatic heterocycles. The van der Waals surface area contributed by atoms with Gasteiger partial charge in [0.05, 0.1) is 12.2 Å². The molecule has 0 saturated carbocycles. The van der Waals surface area contributed by atoms with Gasteiger partial charge in [-0.25, -0.2) is 0 Å². The maximum atomic E-state index is 5.70. The summed E-state index contributed by atoms with van der Waals surface area (Å²) < 4.78 is 7.69. The van der Waals surface area contributed by atoms with Gasteiger partial charge in [-0.15, -0.1) is 0 Å². The average molecular weight is 200 g/mol. The Morgan fingerprint density at radius 1 is 1.33 bits per heavy atom. The maximum absolute atomic E-state index is 5.70. The van der Waals surface area contributed by atoms with E-state index in [2.05, 4.69) is 18.1 Å². The van der Waals surface area contributed by atoms with Crippen molar-refractivity contribution in [2.24, 2.45) is 0 Å². The molecule has 0 aliphatic carbocycles. The lowest BCUT2D eigenvalue weighted by atomic mass is 10.1. The first-order valence-corrected chi connectivity index (χ1v) is 5.11. The molecule has 1 aromatic carbocycles. The van der Waals surface area contributed by atoms with E-state index in [4.69, 9.17) is 4.74 Å². The minimum atomic E-state index is 0.680. The third-order valence-corrected chi connectivity index (χ3v) is 2.70. The molecule has 3 rings (SSSR count). The number of ether oxygens (including phenoxy) is 1.